The first-order valence-electron chi connectivity index (χ1n) is 19.6. The van der Waals surface area contributed by atoms with Gasteiger partial charge in [0.25, 0.3) is 0 Å². The molecule has 0 aliphatic heterocycles. The standard InChI is InChI=1S/C52H34N8/c1-5-16-35(17-6-1)47-54-48(36-18-7-2-8-19-36)57-51(56-47)42-26-13-24-39(32-42)40-29-30-44(45(34-40)46-28-15-31-53-60-46)41-25-14-27-43(33-41)52-58-49(37-20-9-3-10-21-37)55-50(59-52)38-22-11-4-12-23-38/h1-34H. The lowest BCUT2D eigenvalue weighted by atomic mass is 9.92. The van der Waals surface area contributed by atoms with Crippen LogP contribution < -0.4 is 0 Å². The monoisotopic (exact) mass is 770 g/mol. The summed E-state index contributed by atoms with van der Waals surface area (Å²) in [5.41, 5.74) is 11.1. The maximum absolute atomic E-state index is 4.99. The number of hydrogen-bond acceptors (Lipinski definition) is 8. The van der Waals surface area contributed by atoms with E-state index in [1.54, 1.807) is 6.20 Å². The van der Waals surface area contributed by atoms with Crippen molar-refractivity contribution < 1.29 is 0 Å². The van der Waals surface area contributed by atoms with Crippen LogP contribution in [0.1, 0.15) is 0 Å². The van der Waals surface area contributed by atoms with Crippen molar-refractivity contribution >= 4 is 0 Å². The topological polar surface area (TPSA) is 103 Å². The van der Waals surface area contributed by atoms with Gasteiger partial charge in [0.15, 0.2) is 34.9 Å². The molecule has 3 aromatic heterocycles. The molecule has 10 aromatic rings. The minimum atomic E-state index is 0.586. The average molecular weight is 771 g/mol. The molecule has 282 valence electrons. The van der Waals surface area contributed by atoms with Crippen LogP contribution in [0.5, 0.6) is 0 Å². The third kappa shape index (κ3) is 7.56. The van der Waals surface area contributed by atoms with Gasteiger partial charge >= 0.3 is 0 Å². The van der Waals surface area contributed by atoms with Gasteiger partial charge in [0.2, 0.25) is 0 Å². The molecule has 8 heteroatoms. The highest BCUT2D eigenvalue weighted by atomic mass is 15.1. The highest BCUT2D eigenvalue weighted by Crippen LogP contribution is 2.37. The van der Waals surface area contributed by atoms with Gasteiger partial charge in [-0.3, -0.25) is 0 Å². The molecule has 0 unspecified atom stereocenters. The van der Waals surface area contributed by atoms with Crippen LogP contribution in [0.15, 0.2) is 206 Å². The third-order valence-electron chi connectivity index (χ3n) is 10.2. The SMILES string of the molecule is c1ccc(-c2nc(-c3ccccc3)nc(-c3cccc(-c4ccc(-c5cccc(-c6nc(-c7ccccc7)nc(-c7ccccc7)n6)c5)c(-c5cccnn5)c4)c3)n2)cc1. The molecule has 0 radical (unpaired) electrons. The highest BCUT2D eigenvalue weighted by molar-refractivity contribution is 5.87. The van der Waals surface area contributed by atoms with Gasteiger partial charge in [0.05, 0.1) is 5.69 Å². The predicted molar refractivity (Wildman–Crippen MR) is 238 cm³/mol. The van der Waals surface area contributed by atoms with Crippen molar-refractivity contribution in [2.45, 2.75) is 0 Å². The van der Waals surface area contributed by atoms with E-state index in [2.05, 4.69) is 52.7 Å². The number of rotatable bonds is 9. The third-order valence-corrected chi connectivity index (χ3v) is 10.2. The van der Waals surface area contributed by atoms with Crippen molar-refractivity contribution in [3.63, 3.8) is 0 Å². The van der Waals surface area contributed by atoms with Crippen LogP contribution in [0.25, 0.3) is 102 Å². The predicted octanol–water partition coefficient (Wildman–Crippen LogP) is 11.8. The van der Waals surface area contributed by atoms with Crippen LogP contribution in [0, 0.1) is 0 Å². The molecule has 0 fully saturated rings. The molecule has 0 saturated heterocycles. The summed E-state index contributed by atoms with van der Waals surface area (Å²) in [4.78, 5) is 29.7. The van der Waals surface area contributed by atoms with E-state index in [0.29, 0.717) is 34.9 Å². The summed E-state index contributed by atoms with van der Waals surface area (Å²) in [7, 11) is 0. The molecule has 7 aromatic carbocycles. The fourth-order valence-electron chi connectivity index (χ4n) is 7.17. The Hall–Kier alpha value is -8.36. The second kappa shape index (κ2) is 16.2. The summed E-state index contributed by atoms with van der Waals surface area (Å²) in [6.07, 6.45) is 1.69. The lowest BCUT2D eigenvalue weighted by Crippen LogP contribution is -2.00. The molecule has 0 aliphatic rings. The molecule has 0 amide bonds. The van der Waals surface area contributed by atoms with Crippen molar-refractivity contribution in [2.75, 3.05) is 0 Å². The molecular formula is C52H34N8. The van der Waals surface area contributed by atoms with E-state index in [-0.39, 0.29) is 0 Å². The summed E-state index contributed by atoms with van der Waals surface area (Å²) < 4.78 is 0. The molecule has 0 bridgehead atoms. The Morgan fingerprint density at radius 2 is 0.600 bits per heavy atom. The van der Waals surface area contributed by atoms with Gasteiger partial charge in [-0.05, 0) is 52.6 Å². The van der Waals surface area contributed by atoms with Gasteiger partial charge in [-0.15, -0.1) is 0 Å². The van der Waals surface area contributed by atoms with E-state index in [9.17, 15) is 0 Å². The Labute approximate surface area is 347 Å². The minimum absolute atomic E-state index is 0.586. The molecular weight excluding hydrogens is 737 g/mol. The fourth-order valence-corrected chi connectivity index (χ4v) is 7.17. The Kier molecular flexibility index (Phi) is 9.75. The van der Waals surface area contributed by atoms with Crippen LogP contribution in [0.4, 0.5) is 0 Å². The summed E-state index contributed by atoms with van der Waals surface area (Å²) in [5.74, 6) is 3.64. The van der Waals surface area contributed by atoms with Crippen molar-refractivity contribution in [1.29, 1.82) is 0 Å². The Morgan fingerprint density at radius 3 is 1.03 bits per heavy atom. The van der Waals surface area contributed by atoms with E-state index in [4.69, 9.17) is 29.9 Å². The number of nitrogens with zero attached hydrogens (tertiary/aromatic N) is 8. The maximum Gasteiger partial charge on any atom is 0.164 e. The number of hydrogen-bond donors (Lipinski definition) is 0. The quantitative estimate of drug-likeness (QED) is 0.143. The van der Waals surface area contributed by atoms with Crippen LogP contribution in [-0.2, 0) is 0 Å². The van der Waals surface area contributed by atoms with Gasteiger partial charge in [-0.25, -0.2) is 29.9 Å². The fraction of sp³-hybridized carbons (Fsp3) is 0. The Morgan fingerprint density at radius 1 is 0.233 bits per heavy atom. The van der Waals surface area contributed by atoms with Gasteiger partial charge in [0.1, 0.15) is 0 Å². The summed E-state index contributed by atoms with van der Waals surface area (Å²) in [6, 6.07) is 67.0. The molecule has 60 heavy (non-hydrogen) atoms. The van der Waals surface area contributed by atoms with E-state index in [0.717, 1.165) is 66.9 Å². The van der Waals surface area contributed by atoms with Gasteiger partial charge in [-0.1, -0.05) is 170 Å². The molecule has 3 heterocycles. The molecule has 0 saturated carbocycles. The lowest BCUT2D eigenvalue weighted by molar-refractivity contribution is 1.04. The molecule has 0 N–H and O–H groups in total. The largest absolute Gasteiger partial charge is 0.208 e. The number of aromatic nitrogens is 8. The van der Waals surface area contributed by atoms with E-state index in [1.807, 2.05) is 158 Å². The average Bonchev–Trinajstić information content (AvgIpc) is 3.35. The Bertz CT molecular complexity index is 2960. The van der Waals surface area contributed by atoms with Crippen molar-refractivity contribution in [3.05, 3.63) is 206 Å². The molecule has 0 atom stereocenters. The smallest absolute Gasteiger partial charge is 0.164 e. The van der Waals surface area contributed by atoms with Gasteiger partial charge in [-0.2, -0.15) is 10.2 Å². The molecule has 0 aliphatic carbocycles. The lowest BCUT2D eigenvalue weighted by Gasteiger charge is -2.14. The number of benzene rings is 7. The second-order valence-electron chi connectivity index (χ2n) is 14.1. The first-order chi connectivity index (χ1) is 29.7. The van der Waals surface area contributed by atoms with Crippen LogP contribution in [0.2, 0.25) is 0 Å². The van der Waals surface area contributed by atoms with Gasteiger partial charge in [0, 0.05) is 45.1 Å². The normalized spacial score (nSPS) is 11.0. The molecule has 8 nitrogen and oxygen atoms in total. The van der Waals surface area contributed by atoms with Crippen LogP contribution in [-0.4, -0.2) is 40.1 Å². The minimum Gasteiger partial charge on any atom is -0.208 e. The summed E-state index contributed by atoms with van der Waals surface area (Å²) in [6.45, 7) is 0. The van der Waals surface area contributed by atoms with Crippen molar-refractivity contribution in [2.24, 2.45) is 0 Å². The first kappa shape index (κ1) is 36.0. The van der Waals surface area contributed by atoms with E-state index in [1.165, 1.54) is 0 Å². The van der Waals surface area contributed by atoms with E-state index >= 15 is 0 Å². The Balaban J connectivity index is 1.06. The van der Waals surface area contributed by atoms with Crippen LogP contribution in [0.3, 0.4) is 0 Å². The summed E-state index contributed by atoms with van der Waals surface area (Å²) in [5, 5.41) is 8.83. The van der Waals surface area contributed by atoms with Crippen LogP contribution >= 0.6 is 0 Å². The summed E-state index contributed by atoms with van der Waals surface area (Å²) >= 11 is 0. The van der Waals surface area contributed by atoms with Crippen molar-refractivity contribution in [1.82, 2.24) is 40.1 Å². The van der Waals surface area contributed by atoms with Gasteiger partial charge < -0.3 is 0 Å². The maximum atomic E-state index is 4.99. The second-order valence-corrected chi connectivity index (χ2v) is 14.1. The van der Waals surface area contributed by atoms with Crippen molar-refractivity contribution in [3.8, 4) is 102 Å². The zero-order valence-electron chi connectivity index (χ0n) is 32.2. The first-order valence-corrected chi connectivity index (χ1v) is 19.6. The van der Waals surface area contributed by atoms with E-state index < -0.39 is 0 Å². The highest BCUT2D eigenvalue weighted by Gasteiger charge is 2.17. The molecule has 0 spiro atoms. The zero-order chi connectivity index (χ0) is 40.1. The molecule has 10 rings (SSSR count). The zero-order valence-corrected chi connectivity index (χ0v) is 32.2.